The molecule has 10 heteroatoms. The van der Waals surface area contributed by atoms with Crippen LogP contribution in [0.1, 0.15) is 46.6 Å². The molecule has 1 aromatic heterocycles. The number of fused-ring (bicyclic) bond motifs is 1. The van der Waals surface area contributed by atoms with Crippen LogP contribution < -0.4 is 15.9 Å². The minimum absolute atomic E-state index is 0.0537. The number of benzene rings is 1. The lowest BCUT2D eigenvalue weighted by atomic mass is 10.1. The summed E-state index contributed by atoms with van der Waals surface area (Å²) in [5.74, 6) is -0.761. The molecule has 2 aromatic rings. The zero-order chi connectivity index (χ0) is 24.1. The number of aromatic nitrogens is 2. The molecule has 3 amide bonds. The normalized spacial score (nSPS) is 22.0. The summed E-state index contributed by atoms with van der Waals surface area (Å²) in [5, 5.41) is 2.33. The Kier molecular flexibility index (Phi) is 5.71. The van der Waals surface area contributed by atoms with E-state index in [0.29, 0.717) is 37.1 Å². The van der Waals surface area contributed by atoms with Crippen molar-refractivity contribution < 1.29 is 19.1 Å². The van der Waals surface area contributed by atoms with E-state index in [4.69, 9.17) is 4.74 Å². The molecule has 0 spiro atoms. The topological polar surface area (TPSA) is 106 Å². The fraction of sp³-hybridized carbons (Fsp3) is 0.565. The number of amides is 3. The highest BCUT2D eigenvalue weighted by molar-refractivity contribution is 6.00. The summed E-state index contributed by atoms with van der Waals surface area (Å²) in [6.07, 6.45) is 0.194. The Morgan fingerprint density at radius 3 is 2.48 bits per heavy atom. The molecule has 0 aliphatic carbocycles. The van der Waals surface area contributed by atoms with E-state index in [1.807, 2.05) is 45.9 Å². The highest BCUT2D eigenvalue weighted by Crippen LogP contribution is 2.28. The van der Waals surface area contributed by atoms with Crippen LogP contribution in [0, 0.1) is 0 Å². The Labute approximate surface area is 192 Å². The summed E-state index contributed by atoms with van der Waals surface area (Å²) in [6, 6.07) is 5.07. The summed E-state index contributed by atoms with van der Waals surface area (Å²) in [7, 11) is 1.68. The van der Waals surface area contributed by atoms with Crippen LogP contribution in [0.25, 0.3) is 11.0 Å². The number of piperidine rings is 1. The Morgan fingerprint density at radius 2 is 1.85 bits per heavy atom. The molecule has 2 unspecified atom stereocenters. The maximum Gasteiger partial charge on any atom is 0.410 e. The maximum absolute atomic E-state index is 13.0. The second-order valence-electron chi connectivity index (χ2n) is 9.82. The molecule has 2 aliphatic rings. The third-order valence-corrected chi connectivity index (χ3v) is 6.21. The second-order valence-corrected chi connectivity index (χ2v) is 9.82. The van der Waals surface area contributed by atoms with Gasteiger partial charge in [-0.2, -0.15) is 0 Å². The van der Waals surface area contributed by atoms with Crippen molar-refractivity contribution in [2.45, 2.75) is 58.2 Å². The highest BCUT2D eigenvalue weighted by Gasteiger charge is 2.33. The Bertz CT molecular complexity index is 1170. The van der Waals surface area contributed by atoms with Crippen LogP contribution in [0.2, 0.25) is 0 Å². The van der Waals surface area contributed by atoms with Gasteiger partial charge < -0.3 is 14.5 Å². The fourth-order valence-corrected chi connectivity index (χ4v) is 4.59. The van der Waals surface area contributed by atoms with E-state index in [1.165, 1.54) is 9.13 Å². The number of nitrogens with one attached hydrogen (secondary N) is 1. The number of carbonyl (C=O) groups excluding carboxylic acids is 3. The summed E-state index contributed by atoms with van der Waals surface area (Å²) in [5.41, 5.74) is 1.47. The van der Waals surface area contributed by atoms with Crippen LogP contribution in [0.3, 0.4) is 0 Å². The van der Waals surface area contributed by atoms with Crippen molar-refractivity contribution in [2.24, 2.45) is 7.05 Å². The van der Waals surface area contributed by atoms with Crippen molar-refractivity contribution >= 4 is 34.6 Å². The molecule has 10 nitrogen and oxygen atoms in total. The monoisotopic (exact) mass is 457 g/mol. The maximum atomic E-state index is 13.0. The molecular formula is C23H31N5O5. The van der Waals surface area contributed by atoms with Crippen LogP contribution in [0.4, 0.5) is 10.5 Å². The number of ether oxygens (including phenoxy) is 1. The fourth-order valence-electron chi connectivity index (χ4n) is 4.59. The van der Waals surface area contributed by atoms with Crippen LogP contribution in [-0.4, -0.2) is 63.2 Å². The van der Waals surface area contributed by atoms with Gasteiger partial charge in [0.2, 0.25) is 11.8 Å². The quantitative estimate of drug-likeness (QED) is 0.689. The van der Waals surface area contributed by atoms with Crippen LogP contribution >= 0.6 is 0 Å². The van der Waals surface area contributed by atoms with Gasteiger partial charge in [-0.25, -0.2) is 9.59 Å². The number of nitrogens with zero attached hydrogens (tertiary/aromatic N) is 4. The number of rotatable bonds is 2. The third kappa shape index (κ3) is 4.34. The van der Waals surface area contributed by atoms with Crippen molar-refractivity contribution in [3.63, 3.8) is 0 Å². The van der Waals surface area contributed by atoms with E-state index in [9.17, 15) is 19.2 Å². The molecule has 1 aromatic carbocycles. The van der Waals surface area contributed by atoms with E-state index in [2.05, 4.69) is 10.2 Å². The molecule has 33 heavy (non-hydrogen) atoms. The summed E-state index contributed by atoms with van der Waals surface area (Å²) >= 11 is 0. The number of carbonyl (C=O) groups is 3. The van der Waals surface area contributed by atoms with Gasteiger partial charge in [-0.15, -0.1) is 0 Å². The molecule has 1 N–H and O–H groups in total. The lowest BCUT2D eigenvalue weighted by Crippen LogP contribution is -2.54. The van der Waals surface area contributed by atoms with E-state index in [0.717, 1.165) is 5.69 Å². The van der Waals surface area contributed by atoms with Crippen molar-refractivity contribution in [3.05, 3.63) is 28.7 Å². The molecular weight excluding hydrogens is 426 g/mol. The van der Waals surface area contributed by atoms with Crippen LogP contribution in [-0.2, 0) is 21.4 Å². The number of anilines is 1. The number of aryl methyl sites for hydroxylation is 1. The van der Waals surface area contributed by atoms with Gasteiger partial charge in [0.25, 0.3) is 0 Å². The van der Waals surface area contributed by atoms with Crippen molar-refractivity contribution in [3.8, 4) is 0 Å². The van der Waals surface area contributed by atoms with Gasteiger partial charge in [0.1, 0.15) is 11.6 Å². The van der Waals surface area contributed by atoms with E-state index < -0.39 is 17.6 Å². The number of hydrogen-bond donors (Lipinski definition) is 1. The number of piperazine rings is 1. The minimum atomic E-state index is -0.707. The smallest absolute Gasteiger partial charge is 0.410 e. The predicted molar refractivity (Wildman–Crippen MR) is 123 cm³/mol. The Morgan fingerprint density at radius 1 is 1.12 bits per heavy atom. The van der Waals surface area contributed by atoms with Gasteiger partial charge >= 0.3 is 11.8 Å². The zero-order valence-corrected chi connectivity index (χ0v) is 19.8. The number of imidazole rings is 1. The molecule has 0 bridgehead atoms. The molecule has 0 radical (unpaired) electrons. The Balaban J connectivity index is 1.59. The number of imide groups is 1. The SMILES string of the molecule is CC1CN(C(=O)OC(C)(C)C)CCN1c1ccc2c(c1)n(C)c(=O)n2C1CCC(=O)NC1=O. The molecule has 0 saturated carbocycles. The van der Waals surface area contributed by atoms with Gasteiger partial charge in [-0.05, 0) is 52.3 Å². The van der Waals surface area contributed by atoms with E-state index >= 15 is 0 Å². The van der Waals surface area contributed by atoms with Crippen molar-refractivity contribution in [1.29, 1.82) is 0 Å². The lowest BCUT2D eigenvalue weighted by molar-refractivity contribution is -0.135. The molecule has 2 saturated heterocycles. The van der Waals surface area contributed by atoms with Crippen LogP contribution in [0.5, 0.6) is 0 Å². The average Bonchev–Trinajstić information content (AvgIpc) is 2.97. The Hall–Kier alpha value is -3.30. The largest absolute Gasteiger partial charge is 0.444 e. The second kappa shape index (κ2) is 8.24. The molecule has 2 aliphatic heterocycles. The van der Waals surface area contributed by atoms with Crippen molar-refractivity contribution in [1.82, 2.24) is 19.4 Å². The van der Waals surface area contributed by atoms with Gasteiger partial charge in [-0.3, -0.25) is 24.0 Å². The van der Waals surface area contributed by atoms with Crippen LogP contribution in [0.15, 0.2) is 23.0 Å². The minimum Gasteiger partial charge on any atom is -0.444 e. The first-order chi connectivity index (χ1) is 15.5. The van der Waals surface area contributed by atoms with Gasteiger partial charge in [0.05, 0.1) is 11.0 Å². The molecule has 2 atom stereocenters. The summed E-state index contributed by atoms with van der Waals surface area (Å²) in [4.78, 5) is 53.3. The van der Waals surface area contributed by atoms with E-state index in [-0.39, 0.29) is 30.2 Å². The zero-order valence-electron chi connectivity index (χ0n) is 19.8. The van der Waals surface area contributed by atoms with Gasteiger partial charge in [-0.1, -0.05) is 0 Å². The summed E-state index contributed by atoms with van der Waals surface area (Å²) < 4.78 is 8.51. The predicted octanol–water partition coefficient (Wildman–Crippen LogP) is 1.76. The molecule has 2 fully saturated rings. The van der Waals surface area contributed by atoms with Crippen molar-refractivity contribution in [2.75, 3.05) is 24.5 Å². The molecule has 178 valence electrons. The van der Waals surface area contributed by atoms with Gasteiger partial charge in [0.15, 0.2) is 0 Å². The third-order valence-electron chi connectivity index (χ3n) is 6.21. The highest BCUT2D eigenvalue weighted by atomic mass is 16.6. The molecule has 4 rings (SSSR count). The first kappa shape index (κ1) is 22.9. The number of hydrogen-bond acceptors (Lipinski definition) is 6. The first-order valence-electron chi connectivity index (χ1n) is 11.3. The molecule has 3 heterocycles. The van der Waals surface area contributed by atoms with Gasteiger partial charge in [0, 0.05) is 44.8 Å². The average molecular weight is 458 g/mol. The standard InChI is InChI=1S/C23H31N5O5/c1-14-13-26(22(32)33-23(2,3)4)10-11-27(14)15-6-7-16-18(12-15)25(5)21(31)28(16)17-8-9-19(29)24-20(17)30/h6-7,12,14,17H,8-11,13H2,1-5H3,(H,24,29,30). The summed E-state index contributed by atoms with van der Waals surface area (Å²) in [6.45, 7) is 9.31. The first-order valence-corrected chi connectivity index (χ1v) is 11.3. The lowest BCUT2D eigenvalue weighted by Gasteiger charge is -2.41. The van der Waals surface area contributed by atoms with E-state index in [1.54, 1.807) is 11.9 Å².